The molecule has 0 saturated heterocycles. The van der Waals surface area contributed by atoms with Gasteiger partial charge < -0.3 is 5.73 Å². The molecule has 0 aliphatic rings. The summed E-state index contributed by atoms with van der Waals surface area (Å²) in [5, 5.41) is 9.16. The summed E-state index contributed by atoms with van der Waals surface area (Å²) in [7, 11) is 0. The molecule has 0 unspecified atom stereocenters. The van der Waals surface area contributed by atoms with Crippen molar-refractivity contribution >= 4 is 5.82 Å². The van der Waals surface area contributed by atoms with E-state index in [9.17, 15) is 0 Å². The van der Waals surface area contributed by atoms with Crippen LogP contribution in [0.25, 0.3) is 5.69 Å². The molecule has 0 spiro atoms. The van der Waals surface area contributed by atoms with Crippen LogP contribution in [0.3, 0.4) is 0 Å². The number of nitrogens with two attached hydrogens (primary N) is 1. The fraction of sp³-hybridized carbons (Fsp3) is 0.312. The Bertz CT molecular complexity index is 640. The highest BCUT2D eigenvalue weighted by molar-refractivity contribution is 5.62. The lowest BCUT2D eigenvalue weighted by Crippen LogP contribution is -2.02. The zero-order chi connectivity index (χ0) is 14.2. The minimum atomic E-state index is 0.508. The summed E-state index contributed by atoms with van der Waals surface area (Å²) >= 11 is 0. The Morgan fingerprint density at radius 1 is 1.16 bits per heavy atom. The maximum absolute atomic E-state index is 9.16. The molecule has 1 aromatic carbocycles. The van der Waals surface area contributed by atoms with Crippen LogP contribution in [0.15, 0.2) is 24.3 Å². The summed E-state index contributed by atoms with van der Waals surface area (Å²) in [6, 6.07) is 10.5. The number of rotatable bonds is 2. The quantitative estimate of drug-likeness (QED) is 0.887. The number of nitrogen functional groups attached to an aromatic ring is 1. The van der Waals surface area contributed by atoms with E-state index >= 15 is 0 Å². The van der Waals surface area contributed by atoms with Crippen LogP contribution in [0.1, 0.15) is 42.1 Å². The second-order valence-corrected chi connectivity index (χ2v) is 5.16. The van der Waals surface area contributed by atoms with Crippen LogP contribution in [-0.4, -0.2) is 4.57 Å². The number of hydrogen-bond acceptors (Lipinski definition) is 2. The molecule has 0 fully saturated rings. The first kappa shape index (κ1) is 13.2. The highest BCUT2D eigenvalue weighted by atomic mass is 15.1. The molecule has 2 aromatic rings. The Kier molecular flexibility index (Phi) is 3.35. The molecule has 2 rings (SSSR count). The van der Waals surface area contributed by atoms with E-state index in [-0.39, 0.29) is 0 Å². The maximum atomic E-state index is 9.16. The molecule has 0 radical (unpaired) electrons. The Morgan fingerprint density at radius 3 is 2.16 bits per heavy atom. The molecule has 0 bridgehead atoms. The molecular weight excluding hydrogens is 234 g/mol. The van der Waals surface area contributed by atoms with E-state index in [2.05, 4.69) is 44.2 Å². The molecule has 0 saturated carbocycles. The lowest BCUT2D eigenvalue weighted by atomic mass is 10.0. The highest BCUT2D eigenvalue weighted by Gasteiger charge is 2.16. The van der Waals surface area contributed by atoms with Crippen molar-refractivity contribution in [3.63, 3.8) is 0 Å². The summed E-state index contributed by atoms with van der Waals surface area (Å²) < 4.78 is 1.94. The number of benzene rings is 1. The van der Waals surface area contributed by atoms with Gasteiger partial charge in [0.1, 0.15) is 11.9 Å². The minimum Gasteiger partial charge on any atom is -0.384 e. The Hall–Kier alpha value is -2.21. The van der Waals surface area contributed by atoms with E-state index in [0.717, 1.165) is 16.9 Å². The third kappa shape index (κ3) is 2.10. The lowest BCUT2D eigenvalue weighted by molar-refractivity contribution is 0.864. The molecule has 2 N–H and O–H groups in total. The number of anilines is 1. The van der Waals surface area contributed by atoms with Crippen LogP contribution in [0.2, 0.25) is 0 Å². The van der Waals surface area contributed by atoms with Crippen molar-refractivity contribution in [1.82, 2.24) is 4.57 Å². The highest BCUT2D eigenvalue weighted by Crippen LogP contribution is 2.28. The smallest absolute Gasteiger partial charge is 0.126 e. The average molecular weight is 253 g/mol. The van der Waals surface area contributed by atoms with Crippen molar-refractivity contribution in [2.45, 2.75) is 33.6 Å². The molecule has 1 heterocycles. The molecule has 19 heavy (non-hydrogen) atoms. The van der Waals surface area contributed by atoms with Gasteiger partial charge in [0, 0.05) is 11.4 Å². The molecule has 0 amide bonds. The largest absolute Gasteiger partial charge is 0.384 e. The van der Waals surface area contributed by atoms with Crippen molar-refractivity contribution in [2.24, 2.45) is 0 Å². The second-order valence-electron chi connectivity index (χ2n) is 5.16. The van der Waals surface area contributed by atoms with E-state index < -0.39 is 0 Å². The third-order valence-electron chi connectivity index (χ3n) is 3.68. The lowest BCUT2D eigenvalue weighted by Gasteiger charge is -2.11. The minimum absolute atomic E-state index is 0.508. The van der Waals surface area contributed by atoms with Crippen molar-refractivity contribution in [3.8, 4) is 11.8 Å². The van der Waals surface area contributed by atoms with Crippen LogP contribution in [0.4, 0.5) is 5.82 Å². The van der Waals surface area contributed by atoms with Gasteiger partial charge in [0.25, 0.3) is 0 Å². The molecular formula is C16H19N3. The Balaban J connectivity index is 2.57. The second kappa shape index (κ2) is 4.81. The maximum Gasteiger partial charge on any atom is 0.126 e. The van der Waals surface area contributed by atoms with Gasteiger partial charge >= 0.3 is 0 Å². The van der Waals surface area contributed by atoms with Gasteiger partial charge in [0.05, 0.1) is 5.56 Å². The SMILES string of the molecule is Cc1c(C#N)c(N)n(-c2ccc(C(C)C)cc2)c1C. The van der Waals surface area contributed by atoms with E-state index in [1.807, 2.05) is 18.4 Å². The third-order valence-corrected chi connectivity index (χ3v) is 3.68. The van der Waals surface area contributed by atoms with Crippen LogP contribution >= 0.6 is 0 Å². The Labute approximate surface area is 114 Å². The van der Waals surface area contributed by atoms with Gasteiger partial charge in [0.15, 0.2) is 0 Å². The fourth-order valence-corrected chi connectivity index (χ4v) is 2.32. The van der Waals surface area contributed by atoms with Crippen molar-refractivity contribution in [3.05, 3.63) is 46.6 Å². The summed E-state index contributed by atoms with van der Waals surface area (Å²) in [4.78, 5) is 0. The van der Waals surface area contributed by atoms with E-state index in [0.29, 0.717) is 17.3 Å². The molecule has 0 atom stereocenters. The van der Waals surface area contributed by atoms with Crippen LogP contribution < -0.4 is 5.73 Å². The van der Waals surface area contributed by atoms with Gasteiger partial charge in [-0.15, -0.1) is 0 Å². The van der Waals surface area contributed by atoms with Gasteiger partial charge in [-0.3, -0.25) is 4.57 Å². The number of hydrogen-bond donors (Lipinski definition) is 1. The number of aromatic nitrogens is 1. The van der Waals surface area contributed by atoms with E-state index in [4.69, 9.17) is 11.0 Å². The van der Waals surface area contributed by atoms with Crippen LogP contribution in [-0.2, 0) is 0 Å². The van der Waals surface area contributed by atoms with Gasteiger partial charge in [-0.05, 0) is 43.0 Å². The summed E-state index contributed by atoms with van der Waals surface area (Å²) in [6.07, 6.45) is 0. The Morgan fingerprint density at radius 2 is 1.74 bits per heavy atom. The monoisotopic (exact) mass is 253 g/mol. The molecule has 0 aliphatic heterocycles. The standard InChI is InChI=1S/C16H19N3/c1-10(2)13-5-7-14(8-6-13)19-12(4)11(3)15(9-17)16(19)18/h5-8,10H,18H2,1-4H3. The van der Waals surface area contributed by atoms with E-state index in [1.54, 1.807) is 0 Å². The molecule has 1 aromatic heterocycles. The molecule has 3 nitrogen and oxygen atoms in total. The molecule has 0 aliphatic carbocycles. The zero-order valence-corrected chi connectivity index (χ0v) is 11.9. The number of nitriles is 1. The topological polar surface area (TPSA) is 54.7 Å². The predicted octanol–water partition coefficient (Wildman–Crippen LogP) is 3.67. The fourth-order valence-electron chi connectivity index (χ4n) is 2.32. The zero-order valence-electron chi connectivity index (χ0n) is 11.9. The first-order chi connectivity index (χ1) is 8.97. The van der Waals surface area contributed by atoms with E-state index in [1.165, 1.54) is 5.56 Å². The molecule has 98 valence electrons. The summed E-state index contributed by atoms with van der Waals surface area (Å²) in [5.74, 6) is 1.03. The van der Waals surface area contributed by atoms with Crippen molar-refractivity contribution < 1.29 is 0 Å². The summed E-state index contributed by atoms with van der Waals surface area (Å²) in [5.41, 5.74) is 10.9. The summed E-state index contributed by atoms with van der Waals surface area (Å²) in [6.45, 7) is 8.26. The van der Waals surface area contributed by atoms with Gasteiger partial charge in [-0.25, -0.2) is 0 Å². The molecule has 3 heteroatoms. The van der Waals surface area contributed by atoms with Crippen LogP contribution in [0.5, 0.6) is 0 Å². The van der Waals surface area contributed by atoms with Gasteiger partial charge in [-0.1, -0.05) is 26.0 Å². The van der Waals surface area contributed by atoms with Gasteiger partial charge in [-0.2, -0.15) is 5.26 Å². The first-order valence-electron chi connectivity index (χ1n) is 6.45. The normalized spacial score (nSPS) is 10.7. The predicted molar refractivity (Wildman–Crippen MR) is 78.5 cm³/mol. The van der Waals surface area contributed by atoms with Crippen LogP contribution in [0, 0.1) is 25.2 Å². The van der Waals surface area contributed by atoms with Gasteiger partial charge in [0.2, 0.25) is 0 Å². The van der Waals surface area contributed by atoms with Crippen molar-refractivity contribution in [1.29, 1.82) is 5.26 Å². The number of nitrogens with zero attached hydrogens (tertiary/aromatic N) is 2. The average Bonchev–Trinajstić information content (AvgIpc) is 2.60. The first-order valence-corrected chi connectivity index (χ1v) is 6.45. The van der Waals surface area contributed by atoms with Crippen molar-refractivity contribution in [2.75, 3.05) is 5.73 Å².